The number of nitrogens with zero attached hydrogens (tertiary/aromatic N) is 1. The van der Waals surface area contributed by atoms with Crippen molar-refractivity contribution in [2.75, 3.05) is 14.2 Å². The predicted octanol–water partition coefficient (Wildman–Crippen LogP) is 2.60. The zero-order chi connectivity index (χ0) is 12.9. The molecule has 1 rings (SSSR count). The van der Waals surface area contributed by atoms with E-state index in [0.717, 1.165) is 11.1 Å². The van der Waals surface area contributed by atoms with Gasteiger partial charge in [-0.2, -0.15) is 0 Å². The van der Waals surface area contributed by atoms with Gasteiger partial charge in [0.05, 0.1) is 0 Å². The zero-order valence-corrected chi connectivity index (χ0v) is 12.1. The van der Waals surface area contributed by atoms with Crippen molar-refractivity contribution in [2.24, 2.45) is 0 Å². The van der Waals surface area contributed by atoms with Crippen LogP contribution in [0.1, 0.15) is 17.4 Å². The number of aromatic nitrogens is 1. The van der Waals surface area contributed by atoms with Crippen LogP contribution in [-0.2, 0) is 9.47 Å². The average molecular weight is 249 g/mol. The molecule has 17 heavy (non-hydrogen) atoms. The molecule has 92 valence electrons. The lowest BCUT2D eigenvalue weighted by atomic mass is 10.2. The Hall–Kier alpha value is -1.15. The summed E-state index contributed by atoms with van der Waals surface area (Å²) in [5.74, 6) is 3.17. The molecule has 0 spiro atoms. The van der Waals surface area contributed by atoms with Gasteiger partial charge in [0.1, 0.15) is 8.07 Å². The largest absolute Gasteiger partial charge is 0.352 e. The summed E-state index contributed by atoms with van der Waals surface area (Å²) < 4.78 is 10.4. The zero-order valence-electron chi connectivity index (χ0n) is 11.1. The van der Waals surface area contributed by atoms with Gasteiger partial charge in [-0.3, -0.25) is 4.98 Å². The van der Waals surface area contributed by atoms with Crippen LogP contribution in [0.15, 0.2) is 18.5 Å². The predicted molar refractivity (Wildman–Crippen MR) is 71.2 cm³/mol. The Kier molecular flexibility index (Phi) is 4.88. The van der Waals surface area contributed by atoms with Crippen molar-refractivity contribution >= 4 is 8.07 Å². The van der Waals surface area contributed by atoms with Crippen molar-refractivity contribution in [1.82, 2.24) is 4.98 Å². The SMILES string of the molecule is COC(OC)c1cncc(C#C[Si](C)(C)C)c1. The first-order valence-corrected chi connectivity index (χ1v) is 9.00. The van der Waals surface area contributed by atoms with Crippen LogP contribution in [0.5, 0.6) is 0 Å². The Balaban J connectivity index is 2.96. The van der Waals surface area contributed by atoms with Crippen molar-refractivity contribution < 1.29 is 9.47 Å². The maximum Gasteiger partial charge on any atom is 0.184 e. The molecule has 1 heterocycles. The standard InChI is InChI=1S/C13H19NO2Si/c1-15-13(16-2)12-8-11(9-14-10-12)6-7-17(3,4)5/h8-10,13H,1-5H3. The number of rotatable bonds is 3. The van der Waals surface area contributed by atoms with Crippen molar-refractivity contribution in [1.29, 1.82) is 0 Å². The molecule has 0 unspecified atom stereocenters. The molecule has 4 heteroatoms. The molecular formula is C13H19NO2Si. The summed E-state index contributed by atoms with van der Waals surface area (Å²) in [6.45, 7) is 6.64. The fourth-order valence-corrected chi connectivity index (χ4v) is 1.80. The summed E-state index contributed by atoms with van der Waals surface area (Å²) in [6, 6.07) is 1.96. The fourth-order valence-electron chi connectivity index (χ4n) is 1.28. The smallest absolute Gasteiger partial charge is 0.184 e. The van der Waals surface area contributed by atoms with Gasteiger partial charge in [-0.1, -0.05) is 25.6 Å². The maximum atomic E-state index is 5.18. The van der Waals surface area contributed by atoms with Crippen molar-refractivity contribution in [3.05, 3.63) is 29.6 Å². The van der Waals surface area contributed by atoms with Gasteiger partial charge in [-0.15, -0.1) is 5.54 Å². The number of ether oxygens (including phenoxy) is 2. The highest BCUT2D eigenvalue weighted by Gasteiger charge is 2.10. The van der Waals surface area contributed by atoms with Gasteiger partial charge in [0.25, 0.3) is 0 Å². The molecule has 1 aromatic rings. The molecule has 0 bridgehead atoms. The van der Waals surface area contributed by atoms with E-state index in [4.69, 9.17) is 9.47 Å². The molecule has 0 aliphatic heterocycles. The number of pyridine rings is 1. The lowest BCUT2D eigenvalue weighted by Crippen LogP contribution is -2.16. The van der Waals surface area contributed by atoms with Crippen LogP contribution >= 0.6 is 0 Å². The Morgan fingerprint density at radius 3 is 2.35 bits per heavy atom. The molecule has 3 nitrogen and oxygen atoms in total. The Labute approximate surface area is 104 Å². The lowest BCUT2D eigenvalue weighted by Gasteiger charge is -2.13. The highest BCUT2D eigenvalue weighted by Crippen LogP contribution is 2.16. The van der Waals surface area contributed by atoms with E-state index in [-0.39, 0.29) is 6.29 Å². The third-order valence-electron chi connectivity index (χ3n) is 2.04. The first kappa shape index (κ1) is 13.9. The van der Waals surface area contributed by atoms with E-state index in [1.165, 1.54) is 0 Å². The van der Waals surface area contributed by atoms with E-state index in [9.17, 15) is 0 Å². The molecule has 0 radical (unpaired) electrons. The summed E-state index contributed by atoms with van der Waals surface area (Å²) in [5, 5.41) is 0. The number of hydrogen-bond acceptors (Lipinski definition) is 3. The van der Waals surface area contributed by atoms with Gasteiger partial charge in [-0.25, -0.2) is 0 Å². The first-order chi connectivity index (χ1) is 7.96. The second kappa shape index (κ2) is 5.96. The Morgan fingerprint density at radius 2 is 1.82 bits per heavy atom. The quantitative estimate of drug-likeness (QED) is 0.469. The van der Waals surface area contributed by atoms with Crippen LogP contribution in [0, 0.1) is 11.5 Å². The van der Waals surface area contributed by atoms with Gasteiger partial charge in [0, 0.05) is 37.7 Å². The van der Waals surface area contributed by atoms with E-state index >= 15 is 0 Å². The second-order valence-electron chi connectivity index (χ2n) is 4.81. The molecule has 0 aliphatic rings. The van der Waals surface area contributed by atoms with Crippen LogP contribution < -0.4 is 0 Å². The van der Waals surface area contributed by atoms with Crippen LogP contribution in [0.2, 0.25) is 19.6 Å². The molecule has 0 aliphatic carbocycles. The lowest BCUT2D eigenvalue weighted by molar-refractivity contribution is -0.106. The summed E-state index contributed by atoms with van der Waals surface area (Å²) in [5.41, 5.74) is 5.10. The minimum Gasteiger partial charge on any atom is -0.352 e. The molecule has 0 N–H and O–H groups in total. The van der Waals surface area contributed by atoms with Crippen molar-refractivity contribution in [3.63, 3.8) is 0 Å². The minimum absolute atomic E-state index is 0.379. The fraction of sp³-hybridized carbons (Fsp3) is 0.462. The Bertz CT molecular complexity index is 425. The molecule has 0 fully saturated rings. The summed E-state index contributed by atoms with van der Waals surface area (Å²) in [6.07, 6.45) is 3.12. The van der Waals surface area contributed by atoms with E-state index in [1.807, 2.05) is 6.07 Å². The molecule has 0 aromatic carbocycles. The van der Waals surface area contributed by atoms with Gasteiger partial charge >= 0.3 is 0 Å². The van der Waals surface area contributed by atoms with E-state index in [2.05, 4.69) is 36.1 Å². The van der Waals surface area contributed by atoms with Gasteiger partial charge in [0.2, 0.25) is 0 Å². The number of hydrogen-bond donors (Lipinski definition) is 0. The van der Waals surface area contributed by atoms with Gasteiger partial charge < -0.3 is 9.47 Å². The monoisotopic (exact) mass is 249 g/mol. The first-order valence-electron chi connectivity index (χ1n) is 5.50. The van der Waals surface area contributed by atoms with E-state index in [1.54, 1.807) is 26.6 Å². The van der Waals surface area contributed by atoms with Gasteiger partial charge in [-0.05, 0) is 6.07 Å². The molecule has 0 amide bonds. The van der Waals surface area contributed by atoms with Crippen molar-refractivity contribution in [3.8, 4) is 11.5 Å². The van der Waals surface area contributed by atoms with Crippen LogP contribution in [-0.4, -0.2) is 27.3 Å². The molecule has 0 atom stereocenters. The van der Waals surface area contributed by atoms with Crippen molar-refractivity contribution in [2.45, 2.75) is 25.9 Å². The topological polar surface area (TPSA) is 31.4 Å². The second-order valence-corrected chi connectivity index (χ2v) is 9.56. The van der Waals surface area contributed by atoms with Crippen LogP contribution in [0.4, 0.5) is 0 Å². The van der Waals surface area contributed by atoms with Crippen LogP contribution in [0.25, 0.3) is 0 Å². The summed E-state index contributed by atoms with van der Waals surface area (Å²) >= 11 is 0. The molecule has 0 saturated carbocycles. The summed E-state index contributed by atoms with van der Waals surface area (Å²) in [7, 11) is 1.86. The third-order valence-corrected chi connectivity index (χ3v) is 2.92. The Morgan fingerprint density at radius 1 is 1.18 bits per heavy atom. The average Bonchev–Trinajstić information content (AvgIpc) is 2.28. The molecule has 1 aromatic heterocycles. The normalized spacial score (nSPS) is 11.2. The minimum atomic E-state index is -1.35. The molecular weight excluding hydrogens is 230 g/mol. The van der Waals surface area contributed by atoms with Crippen LogP contribution in [0.3, 0.4) is 0 Å². The molecule has 0 saturated heterocycles. The number of methoxy groups -OCH3 is 2. The van der Waals surface area contributed by atoms with Gasteiger partial charge in [0.15, 0.2) is 6.29 Å². The highest BCUT2D eigenvalue weighted by molar-refractivity contribution is 6.83. The highest BCUT2D eigenvalue weighted by atomic mass is 28.3. The maximum absolute atomic E-state index is 5.18. The third kappa shape index (κ3) is 4.69. The summed E-state index contributed by atoms with van der Waals surface area (Å²) in [4.78, 5) is 4.16. The van der Waals surface area contributed by atoms with E-state index < -0.39 is 8.07 Å². The van der Waals surface area contributed by atoms with E-state index in [0.29, 0.717) is 0 Å².